The number of anilines is 2. The summed E-state index contributed by atoms with van der Waals surface area (Å²) in [6.45, 7) is 3.25. The van der Waals surface area contributed by atoms with E-state index in [0.29, 0.717) is 30.3 Å². The van der Waals surface area contributed by atoms with Gasteiger partial charge >= 0.3 is 6.03 Å². The van der Waals surface area contributed by atoms with Crippen molar-refractivity contribution in [2.45, 2.75) is 25.7 Å². The molecule has 144 valence electrons. The molecule has 6 heteroatoms. The second kappa shape index (κ2) is 10.1. The van der Waals surface area contributed by atoms with Crippen LogP contribution in [-0.4, -0.2) is 32.3 Å². The first kappa shape index (κ1) is 19.4. The van der Waals surface area contributed by atoms with Crippen molar-refractivity contribution in [2.24, 2.45) is 0 Å². The SMILES string of the molecule is O=C(NCCCOc1ccccc1Cl)Nc1ccc(N2CCCCC2)cc1. The topological polar surface area (TPSA) is 53.6 Å². The molecule has 0 unspecified atom stereocenters. The molecule has 1 aliphatic heterocycles. The Kier molecular flexibility index (Phi) is 7.22. The Labute approximate surface area is 165 Å². The minimum absolute atomic E-state index is 0.210. The highest BCUT2D eigenvalue weighted by atomic mass is 35.5. The van der Waals surface area contributed by atoms with Crippen LogP contribution < -0.4 is 20.3 Å². The molecule has 2 aromatic carbocycles. The predicted molar refractivity (Wildman–Crippen MR) is 111 cm³/mol. The third-order valence-electron chi connectivity index (χ3n) is 4.55. The number of piperidine rings is 1. The molecule has 2 N–H and O–H groups in total. The first-order chi connectivity index (χ1) is 13.2. The van der Waals surface area contributed by atoms with Gasteiger partial charge in [-0.25, -0.2) is 4.79 Å². The van der Waals surface area contributed by atoms with E-state index < -0.39 is 0 Å². The van der Waals surface area contributed by atoms with E-state index in [1.165, 1.54) is 24.9 Å². The van der Waals surface area contributed by atoms with Crippen LogP contribution in [0.25, 0.3) is 0 Å². The molecule has 0 atom stereocenters. The molecule has 0 aliphatic carbocycles. The van der Waals surface area contributed by atoms with E-state index >= 15 is 0 Å². The molecule has 1 heterocycles. The minimum atomic E-state index is -0.210. The Bertz CT molecular complexity index is 730. The summed E-state index contributed by atoms with van der Waals surface area (Å²) < 4.78 is 5.60. The Morgan fingerprint density at radius 2 is 1.78 bits per heavy atom. The molecular formula is C21H26ClN3O2. The van der Waals surface area contributed by atoms with Gasteiger partial charge in [0.2, 0.25) is 0 Å². The normalized spacial score (nSPS) is 13.9. The standard InChI is InChI=1S/C21H26ClN3O2/c22-19-7-2-3-8-20(19)27-16-6-13-23-21(26)24-17-9-11-18(12-10-17)25-14-4-1-5-15-25/h2-3,7-12H,1,4-6,13-16H2,(H2,23,24,26). The number of nitrogens with one attached hydrogen (secondary N) is 2. The van der Waals surface area contributed by atoms with Crippen LogP contribution >= 0.6 is 11.6 Å². The Morgan fingerprint density at radius 3 is 2.52 bits per heavy atom. The molecule has 27 heavy (non-hydrogen) atoms. The van der Waals surface area contributed by atoms with E-state index in [0.717, 1.165) is 18.8 Å². The number of para-hydroxylation sites is 1. The van der Waals surface area contributed by atoms with Crippen LogP contribution in [0.5, 0.6) is 5.75 Å². The van der Waals surface area contributed by atoms with Gasteiger partial charge in [-0.15, -0.1) is 0 Å². The van der Waals surface area contributed by atoms with Gasteiger partial charge in [-0.05, 0) is 62.1 Å². The van der Waals surface area contributed by atoms with Gasteiger partial charge in [0, 0.05) is 31.0 Å². The van der Waals surface area contributed by atoms with Gasteiger partial charge in [0.25, 0.3) is 0 Å². The second-order valence-corrected chi connectivity index (χ2v) is 7.02. The van der Waals surface area contributed by atoms with Crippen molar-refractivity contribution in [3.63, 3.8) is 0 Å². The first-order valence-electron chi connectivity index (χ1n) is 9.49. The highest BCUT2D eigenvalue weighted by Gasteiger charge is 2.10. The Morgan fingerprint density at radius 1 is 1.04 bits per heavy atom. The maximum Gasteiger partial charge on any atom is 0.319 e. The fraction of sp³-hybridized carbons (Fsp3) is 0.381. The molecule has 0 spiro atoms. The zero-order valence-electron chi connectivity index (χ0n) is 15.4. The van der Waals surface area contributed by atoms with Crippen molar-refractivity contribution >= 4 is 29.0 Å². The van der Waals surface area contributed by atoms with Crippen LogP contribution in [0.15, 0.2) is 48.5 Å². The number of urea groups is 1. The number of carbonyl (C=O) groups is 1. The zero-order chi connectivity index (χ0) is 18.9. The summed E-state index contributed by atoms with van der Waals surface area (Å²) in [5, 5.41) is 6.29. The molecule has 3 rings (SSSR count). The molecule has 2 aromatic rings. The number of rotatable bonds is 7. The summed E-state index contributed by atoms with van der Waals surface area (Å²) in [4.78, 5) is 14.4. The van der Waals surface area contributed by atoms with Crippen molar-refractivity contribution < 1.29 is 9.53 Å². The van der Waals surface area contributed by atoms with Crippen molar-refractivity contribution in [1.82, 2.24) is 5.32 Å². The average molecular weight is 388 g/mol. The summed E-state index contributed by atoms with van der Waals surface area (Å²) in [7, 11) is 0. The molecule has 5 nitrogen and oxygen atoms in total. The zero-order valence-corrected chi connectivity index (χ0v) is 16.2. The molecule has 1 fully saturated rings. The van der Waals surface area contributed by atoms with Gasteiger partial charge in [0.1, 0.15) is 5.75 Å². The van der Waals surface area contributed by atoms with Crippen molar-refractivity contribution in [3.05, 3.63) is 53.6 Å². The highest BCUT2D eigenvalue weighted by molar-refractivity contribution is 6.32. The van der Waals surface area contributed by atoms with Gasteiger partial charge in [-0.3, -0.25) is 0 Å². The summed E-state index contributed by atoms with van der Waals surface area (Å²) in [5.41, 5.74) is 2.01. The van der Waals surface area contributed by atoms with Crippen molar-refractivity contribution in [3.8, 4) is 5.75 Å². The second-order valence-electron chi connectivity index (χ2n) is 6.61. The van der Waals surface area contributed by atoms with Crippen LogP contribution in [0.4, 0.5) is 16.2 Å². The lowest BCUT2D eigenvalue weighted by atomic mass is 10.1. The fourth-order valence-electron chi connectivity index (χ4n) is 3.10. The molecule has 0 saturated carbocycles. The largest absolute Gasteiger partial charge is 0.492 e. The lowest BCUT2D eigenvalue weighted by Gasteiger charge is -2.28. The van der Waals surface area contributed by atoms with Gasteiger partial charge in [-0.1, -0.05) is 23.7 Å². The van der Waals surface area contributed by atoms with Gasteiger partial charge in [-0.2, -0.15) is 0 Å². The lowest BCUT2D eigenvalue weighted by Crippen LogP contribution is -2.30. The smallest absolute Gasteiger partial charge is 0.319 e. The number of carbonyl (C=O) groups excluding carboxylic acids is 1. The number of ether oxygens (including phenoxy) is 1. The third kappa shape index (κ3) is 6.07. The lowest BCUT2D eigenvalue weighted by molar-refractivity contribution is 0.250. The molecule has 0 aromatic heterocycles. The Balaban J connectivity index is 1.34. The minimum Gasteiger partial charge on any atom is -0.492 e. The van der Waals surface area contributed by atoms with Crippen LogP contribution in [0.2, 0.25) is 5.02 Å². The van der Waals surface area contributed by atoms with Crippen LogP contribution in [-0.2, 0) is 0 Å². The maximum absolute atomic E-state index is 12.0. The van der Waals surface area contributed by atoms with Crippen molar-refractivity contribution in [1.29, 1.82) is 0 Å². The van der Waals surface area contributed by atoms with Crippen LogP contribution in [0.1, 0.15) is 25.7 Å². The summed E-state index contributed by atoms with van der Waals surface area (Å²) in [6, 6.07) is 15.2. The van der Waals surface area contributed by atoms with E-state index in [1.54, 1.807) is 6.07 Å². The average Bonchev–Trinajstić information content (AvgIpc) is 2.70. The number of hydrogen-bond acceptors (Lipinski definition) is 3. The number of amides is 2. The Hall–Kier alpha value is -2.40. The molecule has 2 amide bonds. The number of nitrogens with zero attached hydrogens (tertiary/aromatic N) is 1. The van der Waals surface area contributed by atoms with E-state index in [-0.39, 0.29) is 6.03 Å². The van der Waals surface area contributed by atoms with E-state index in [2.05, 4.69) is 27.7 Å². The summed E-state index contributed by atoms with van der Waals surface area (Å²) in [6.07, 6.45) is 4.53. The third-order valence-corrected chi connectivity index (χ3v) is 4.86. The summed E-state index contributed by atoms with van der Waals surface area (Å²) >= 11 is 6.03. The molecule has 1 aliphatic rings. The van der Waals surface area contributed by atoms with E-state index in [9.17, 15) is 4.79 Å². The fourth-order valence-corrected chi connectivity index (χ4v) is 3.29. The quantitative estimate of drug-likeness (QED) is 0.663. The number of halogens is 1. The number of benzene rings is 2. The van der Waals surface area contributed by atoms with Gasteiger partial charge in [0.05, 0.1) is 11.6 Å². The van der Waals surface area contributed by atoms with E-state index in [1.807, 2.05) is 30.3 Å². The number of hydrogen-bond donors (Lipinski definition) is 2. The van der Waals surface area contributed by atoms with Gasteiger partial charge < -0.3 is 20.3 Å². The van der Waals surface area contributed by atoms with E-state index in [4.69, 9.17) is 16.3 Å². The molecule has 1 saturated heterocycles. The maximum atomic E-state index is 12.0. The highest BCUT2D eigenvalue weighted by Crippen LogP contribution is 2.23. The van der Waals surface area contributed by atoms with Crippen LogP contribution in [0, 0.1) is 0 Å². The van der Waals surface area contributed by atoms with Crippen LogP contribution in [0.3, 0.4) is 0 Å². The molecule has 0 bridgehead atoms. The van der Waals surface area contributed by atoms with Gasteiger partial charge in [0.15, 0.2) is 0 Å². The summed E-state index contributed by atoms with van der Waals surface area (Å²) in [5.74, 6) is 0.664. The first-order valence-corrected chi connectivity index (χ1v) is 9.87. The van der Waals surface area contributed by atoms with Crippen molar-refractivity contribution in [2.75, 3.05) is 36.5 Å². The molecular weight excluding hydrogens is 362 g/mol. The predicted octanol–water partition coefficient (Wildman–Crippen LogP) is 4.92. The molecule has 0 radical (unpaired) electrons. The monoisotopic (exact) mass is 387 g/mol.